The lowest BCUT2D eigenvalue weighted by Gasteiger charge is -2.45. The second-order valence-electron chi connectivity index (χ2n) is 5.98. The molecule has 0 bridgehead atoms. The third kappa shape index (κ3) is 3.27. The number of anilines is 1. The number of aromatic nitrogens is 1. The Bertz CT molecular complexity index is 415. The van der Waals surface area contributed by atoms with Crippen LogP contribution in [0.3, 0.4) is 0 Å². The van der Waals surface area contributed by atoms with E-state index in [2.05, 4.69) is 54.8 Å². The van der Waals surface area contributed by atoms with Gasteiger partial charge in [0.05, 0.1) is 0 Å². The highest BCUT2D eigenvalue weighted by Crippen LogP contribution is 2.30. The molecule has 19 heavy (non-hydrogen) atoms. The summed E-state index contributed by atoms with van der Waals surface area (Å²) in [4.78, 5) is 10.8. The van der Waals surface area contributed by atoms with Gasteiger partial charge in [0.1, 0.15) is 0 Å². The second-order valence-corrected chi connectivity index (χ2v) is 7.02. The van der Waals surface area contributed by atoms with E-state index in [0.29, 0.717) is 6.04 Å². The standard InChI is InChI=1S/C14H26N4S/c1-6-15-11(2)12-9-16-13(19-12)18-8-7-17(5)14(3,4)10-18/h9,11,15H,6-8,10H2,1-5H3. The van der Waals surface area contributed by atoms with Gasteiger partial charge in [0, 0.05) is 42.3 Å². The summed E-state index contributed by atoms with van der Waals surface area (Å²) in [6.45, 7) is 13.2. The van der Waals surface area contributed by atoms with Crippen molar-refractivity contribution in [1.29, 1.82) is 0 Å². The molecule has 0 amide bonds. The third-order valence-corrected chi connectivity index (χ3v) is 5.28. The van der Waals surface area contributed by atoms with Gasteiger partial charge in [-0.25, -0.2) is 4.98 Å². The minimum atomic E-state index is 0.220. The molecule has 0 aliphatic carbocycles. The summed E-state index contributed by atoms with van der Waals surface area (Å²) in [7, 11) is 2.21. The zero-order chi connectivity index (χ0) is 14.0. The first-order valence-corrected chi connectivity index (χ1v) is 7.91. The lowest BCUT2D eigenvalue weighted by atomic mass is 10.0. The number of thiazole rings is 1. The van der Waals surface area contributed by atoms with Crippen molar-refractivity contribution < 1.29 is 0 Å². The van der Waals surface area contributed by atoms with Crippen LogP contribution in [0.4, 0.5) is 5.13 Å². The van der Waals surface area contributed by atoms with Crippen LogP contribution in [-0.4, -0.2) is 48.6 Å². The molecule has 0 radical (unpaired) electrons. The number of rotatable bonds is 4. The van der Waals surface area contributed by atoms with Crippen molar-refractivity contribution in [2.24, 2.45) is 0 Å². The van der Waals surface area contributed by atoms with Crippen molar-refractivity contribution >= 4 is 16.5 Å². The van der Waals surface area contributed by atoms with Crippen molar-refractivity contribution in [3.63, 3.8) is 0 Å². The van der Waals surface area contributed by atoms with Gasteiger partial charge in [-0.15, -0.1) is 11.3 Å². The number of nitrogens with zero attached hydrogens (tertiary/aromatic N) is 3. The van der Waals surface area contributed by atoms with Crippen molar-refractivity contribution in [2.45, 2.75) is 39.3 Å². The van der Waals surface area contributed by atoms with Crippen LogP contribution in [0.15, 0.2) is 6.20 Å². The van der Waals surface area contributed by atoms with Crippen LogP contribution in [-0.2, 0) is 0 Å². The van der Waals surface area contributed by atoms with Crippen LogP contribution >= 0.6 is 11.3 Å². The van der Waals surface area contributed by atoms with E-state index < -0.39 is 0 Å². The molecule has 1 aromatic rings. The van der Waals surface area contributed by atoms with Gasteiger partial charge in [0.2, 0.25) is 0 Å². The second kappa shape index (κ2) is 5.77. The molecular formula is C14H26N4S. The normalized spacial score (nSPS) is 21.6. The number of hydrogen-bond acceptors (Lipinski definition) is 5. The Hall–Kier alpha value is -0.650. The fourth-order valence-electron chi connectivity index (χ4n) is 2.43. The zero-order valence-corrected chi connectivity index (χ0v) is 13.5. The molecule has 2 rings (SSSR count). The highest BCUT2D eigenvalue weighted by atomic mass is 32.1. The molecule has 5 heteroatoms. The average Bonchev–Trinajstić information content (AvgIpc) is 2.82. The van der Waals surface area contributed by atoms with Crippen LogP contribution in [0.2, 0.25) is 0 Å². The lowest BCUT2D eigenvalue weighted by molar-refractivity contribution is 0.139. The summed E-state index contributed by atoms with van der Waals surface area (Å²) in [5, 5.41) is 4.61. The minimum absolute atomic E-state index is 0.220. The van der Waals surface area contributed by atoms with E-state index in [4.69, 9.17) is 0 Å². The molecule has 1 aliphatic heterocycles. The van der Waals surface area contributed by atoms with Gasteiger partial charge in [-0.3, -0.25) is 4.90 Å². The Morgan fingerprint density at radius 2 is 2.21 bits per heavy atom. The van der Waals surface area contributed by atoms with Crippen molar-refractivity contribution in [2.75, 3.05) is 38.1 Å². The van der Waals surface area contributed by atoms with Crippen molar-refractivity contribution in [1.82, 2.24) is 15.2 Å². The molecule has 4 nitrogen and oxygen atoms in total. The highest BCUT2D eigenvalue weighted by molar-refractivity contribution is 7.15. The molecule has 1 saturated heterocycles. The Balaban J connectivity index is 2.07. The zero-order valence-electron chi connectivity index (χ0n) is 12.7. The highest BCUT2D eigenvalue weighted by Gasteiger charge is 2.32. The molecule has 1 fully saturated rings. The molecule has 1 N–H and O–H groups in total. The number of likely N-dealkylation sites (N-methyl/N-ethyl adjacent to an activating group) is 1. The van der Waals surface area contributed by atoms with Crippen molar-refractivity contribution in [3.8, 4) is 0 Å². The topological polar surface area (TPSA) is 31.4 Å². The van der Waals surface area contributed by atoms with E-state index in [9.17, 15) is 0 Å². The van der Waals surface area contributed by atoms with Crippen LogP contribution in [0.25, 0.3) is 0 Å². The van der Waals surface area contributed by atoms with Gasteiger partial charge in [-0.2, -0.15) is 0 Å². The van der Waals surface area contributed by atoms with E-state index in [0.717, 1.165) is 26.2 Å². The quantitative estimate of drug-likeness (QED) is 0.918. The third-order valence-electron chi connectivity index (χ3n) is 4.04. The minimum Gasteiger partial charge on any atom is -0.345 e. The fraction of sp³-hybridized carbons (Fsp3) is 0.786. The van der Waals surface area contributed by atoms with Crippen LogP contribution in [0.5, 0.6) is 0 Å². The van der Waals surface area contributed by atoms with E-state index >= 15 is 0 Å². The maximum absolute atomic E-state index is 4.62. The van der Waals surface area contributed by atoms with Gasteiger partial charge < -0.3 is 10.2 Å². The number of hydrogen-bond donors (Lipinski definition) is 1. The molecule has 1 atom stereocenters. The van der Waals surface area contributed by atoms with E-state index in [-0.39, 0.29) is 5.54 Å². The van der Waals surface area contributed by atoms with Gasteiger partial charge in [0.25, 0.3) is 0 Å². The SMILES string of the molecule is CCNC(C)c1cnc(N2CCN(C)C(C)(C)C2)s1. The Morgan fingerprint density at radius 3 is 2.84 bits per heavy atom. The molecule has 108 valence electrons. The summed E-state index contributed by atoms with van der Waals surface area (Å²) >= 11 is 1.82. The van der Waals surface area contributed by atoms with Crippen LogP contribution in [0, 0.1) is 0 Å². The van der Waals surface area contributed by atoms with Crippen LogP contribution < -0.4 is 10.2 Å². The molecular weight excluding hydrogens is 256 g/mol. The summed E-state index contributed by atoms with van der Waals surface area (Å²) in [6.07, 6.45) is 2.03. The Labute approximate surface area is 120 Å². The Morgan fingerprint density at radius 1 is 1.47 bits per heavy atom. The maximum atomic E-state index is 4.62. The predicted octanol–water partition coefficient (Wildman–Crippen LogP) is 2.34. The monoisotopic (exact) mass is 282 g/mol. The van der Waals surface area contributed by atoms with Gasteiger partial charge in [-0.1, -0.05) is 6.92 Å². The summed E-state index contributed by atoms with van der Waals surface area (Å²) in [5.41, 5.74) is 0.220. The molecule has 0 spiro atoms. The number of piperazine rings is 1. The summed E-state index contributed by atoms with van der Waals surface area (Å²) in [6, 6.07) is 0.400. The lowest BCUT2D eigenvalue weighted by Crippen LogP contribution is -2.57. The Kier molecular flexibility index (Phi) is 4.48. The number of nitrogens with one attached hydrogen (secondary N) is 1. The fourth-order valence-corrected chi connectivity index (χ4v) is 3.40. The predicted molar refractivity (Wildman–Crippen MR) is 83.1 cm³/mol. The molecule has 2 heterocycles. The van der Waals surface area contributed by atoms with E-state index in [1.54, 1.807) is 0 Å². The first-order valence-electron chi connectivity index (χ1n) is 7.09. The summed E-state index contributed by atoms with van der Waals surface area (Å²) in [5.74, 6) is 0. The van der Waals surface area contributed by atoms with E-state index in [1.165, 1.54) is 10.0 Å². The maximum Gasteiger partial charge on any atom is 0.185 e. The largest absolute Gasteiger partial charge is 0.345 e. The molecule has 1 aliphatic rings. The molecule has 1 unspecified atom stereocenters. The first-order chi connectivity index (χ1) is 8.94. The first kappa shape index (κ1) is 14.8. The van der Waals surface area contributed by atoms with Crippen molar-refractivity contribution in [3.05, 3.63) is 11.1 Å². The molecule has 0 aromatic carbocycles. The smallest absolute Gasteiger partial charge is 0.185 e. The summed E-state index contributed by atoms with van der Waals surface area (Å²) < 4.78 is 0. The van der Waals surface area contributed by atoms with Gasteiger partial charge >= 0.3 is 0 Å². The van der Waals surface area contributed by atoms with Gasteiger partial charge in [-0.05, 0) is 34.4 Å². The average molecular weight is 282 g/mol. The van der Waals surface area contributed by atoms with E-state index in [1.807, 2.05) is 17.5 Å². The van der Waals surface area contributed by atoms with Crippen LogP contribution in [0.1, 0.15) is 38.6 Å². The molecule has 0 saturated carbocycles. The molecule has 1 aromatic heterocycles. The van der Waals surface area contributed by atoms with Gasteiger partial charge in [0.15, 0.2) is 5.13 Å².